The molecule has 1 aliphatic carbocycles. The summed E-state index contributed by atoms with van der Waals surface area (Å²) in [6, 6.07) is 5.15. The molecule has 1 saturated carbocycles. The number of nitriles is 1. The second-order valence-corrected chi connectivity index (χ2v) is 9.08. The van der Waals surface area contributed by atoms with E-state index in [1.54, 1.807) is 12.3 Å². The Bertz CT molecular complexity index is 1360. The van der Waals surface area contributed by atoms with E-state index in [4.69, 9.17) is 23.2 Å². The van der Waals surface area contributed by atoms with Crippen LogP contribution in [0.4, 0.5) is 13.2 Å². The summed E-state index contributed by atoms with van der Waals surface area (Å²) in [5.41, 5.74) is 0.458. The van der Waals surface area contributed by atoms with Gasteiger partial charge in [0, 0.05) is 18.8 Å². The number of nitrogens with one attached hydrogen (secondary N) is 1. The highest BCUT2D eigenvalue weighted by atomic mass is 35.5. The standard InChI is InChI=1S/C22H19Cl2F3N6O2/c1-11-19(35-22(26,27)12(2)25)31-32(3)20(11)33-9-14(8-29-33)13-6-15(17(24)16(23)7-13)18(34)30-21(10-28)4-5-21/h6-9,12H,4-5H2,1-3H3,(H,30,34). The number of hydrogen-bond donors (Lipinski definition) is 1. The lowest BCUT2D eigenvalue weighted by molar-refractivity contribution is -0.217. The summed E-state index contributed by atoms with van der Waals surface area (Å²) in [4.78, 5) is 12.8. The average Bonchev–Trinajstić information content (AvgIpc) is 3.29. The van der Waals surface area contributed by atoms with Crippen molar-refractivity contribution in [1.82, 2.24) is 24.9 Å². The lowest BCUT2D eigenvalue weighted by Gasteiger charge is -2.17. The van der Waals surface area contributed by atoms with Gasteiger partial charge in [-0.25, -0.2) is 13.8 Å². The Kier molecular flexibility index (Phi) is 6.23. The van der Waals surface area contributed by atoms with Crippen molar-refractivity contribution in [3.63, 3.8) is 0 Å². The fraction of sp³-hybridized carbons (Fsp3) is 0.364. The molecule has 13 heteroatoms. The average molecular weight is 527 g/mol. The molecule has 35 heavy (non-hydrogen) atoms. The number of benzene rings is 1. The van der Waals surface area contributed by atoms with Crippen molar-refractivity contribution in [3.8, 4) is 28.9 Å². The molecule has 3 aromatic rings. The predicted molar refractivity (Wildman–Crippen MR) is 122 cm³/mol. The van der Waals surface area contributed by atoms with Crippen molar-refractivity contribution < 1.29 is 22.7 Å². The minimum atomic E-state index is -4.05. The van der Waals surface area contributed by atoms with E-state index in [1.165, 1.54) is 35.6 Å². The molecule has 0 saturated heterocycles. The maximum atomic E-state index is 13.7. The number of ether oxygens (including phenoxy) is 1. The first-order valence-corrected chi connectivity index (χ1v) is 11.2. The van der Waals surface area contributed by atoms with Crippen LogP contribution in [-0.2, 0) is 7.05 Å². The van der Waals surface area contributed by atoms with Crippen LogP contribution in [-0.4, -0.2) is 43.3 Å². The number of carbonyl (C=O) groups is 1. The summed E-state index contributed by atoms with van der Waals surface area (Å²) in [5.74, 6) is -0.664. The Morgan fingerprint density at radius 2 is 2.03 bits per heavy atom. The van der Waals surface area contributed by atoms with Crippen LogP contribution in [0.15, 0.2) is 24.5 Å². The second kappa shape index (κ2) is 8.77. The van der Waals surface area contributed by atoms with Gasteiger partial charge in [-0.3, -0.25) is 4.79 Å². The highest BCUT2D eigenvalue weighted by molar-refractivity contribution is 6.44. The Labute approximate surface area is 208 Å². The van der Waals surface area contributed by atoms with Crippen LogP contribution >= 0.6 is 23.2 Å². The van der Waals surface area contributed by atoms with Crippen molar-refractivity contribution in [1.29, 1.82) is 5.26 Å². The normalized spacial score (nSPS) is 15.4. The molecule has 1 atom stereocenters. The number of hydrogen-bond acceptors (Lipinski definition) is 5. The van der Waals surface area contributed by atoms with Gasteiger partial charge in [-0.15, -0.1) is 5.10 Å². The maximum Gasteiger partial charge on any atom is 0.430 e. The summed E-state index contributed by atoms with van der Waals surface area (Å²) in [6.07, 6.45) is -2.43. The van der Waals surface area contributed by atoms with Crippen LogP contribution in [0.1, 0.15) is 35.7 Å². The highest BCUT2D eigenvalue weighted by Gasteiger charge is 2.45. The number of aromatic nitrogens is 4. The van der Waals surface area contributed by atoms with Crippen molar-refractivity contribution in [2.45, 2.75) is 44.5 Å². The molecule has 0 radical (unpaired) electrons. The summed E-state index contributed by atoms with van der Waals surface area (Å²) in [5, 5.41) is 20.3. The topological polar surface area (TPSA) is 97.8 Å². The first kappa shape index (κ1) is 24.9. The van der Waals surface area contributed by atoms with Gasteiger partial charge in [0.2, 0.25) is 12.1 Å². The number of amides is 1. The minimum absolute atomic E-state index is 0.0429. The smallest absolute Gasteiger partial charge is 0.410 e. The molecule has 1 amide bonds. The first-order valence-electron chi connectivity index (χ1n) is 10.4. The van der Waals surface area contributed by atoms with Crippen molar-refractivity contribution in [2.75, 3.05) is 0 Å². The quantitative estimate of drug-likeness (QED) is 0.466. The van der Waals surface area contributed by atoms with E-state index in [1.807, 2.05) is 0 Å². The molecule has 2 aromatic heterocycles. The van der Waals surface area contributed by atoms with Gasteiger partial charge in [-0.2, -0.15) is 19.1 Å². The van der Waals surface area contributed by atoms with Crippen LogP contribution in [0.25, 0.3) is 16.9 Å². The van der Waals surface area contributed by atoms with E-state index >= 15 is 0 Å². The molecule has 1 aliphatic rings. The van der Waals surface area contributed by atoms with Gasteiger partial charge in [0.05, 0.1) is 33.4 Å². The predicted octanol–water partition coefficient (Wildman–Crippen LogP) is 5.00. The zero-order valence-electron chi connectivity index (χ0n) is 18.7. The largest absolute Gasteiger partial charge is 0.430 e. The highest BCUT2D eigenvalue weighted by Crippen LogP contribution is 2.37. The Balaban J connectivity index is 1.66. The summed E-state index contributed by atoms with van der Waals surface area (Å²) < 4.78 is 47.8. The molecule has 0 aliphatic heterocycles. The van der Waals surface area contributed by atoms with E-state index in [9.17, 15) is 23.2 Å². The van der Waals surface area contributed by atoms with Crippen LogP contribution in [0.2, 0.25) is 10.0 Å². The van der Waals surface area contributed by atoms with E-state index in [2.05, 4.69) is 26.3 Å². The molecule has 1 aromatic carbocycles. The van der Waals surface area contributed by atoms with E-state index in [0.29, 0.717) is 36.7 Å². The van der Waals surface area contributed by atoms with E-state index in [0.717, 1.165) is 0 Å². The number of halogens is 5. The van der Waals surface area contributed by atoms with Crippen LogP contribution in [0, 0.1) is 18.3 Å². The van der Waals surface area contributed by atoms with Crippen molar-refractivity contribution in [3.05, 3.63) is 45.7 Å². The molecule has 2 heterocycles. The monoisotopic (exact) mass is 526 g/mol. The minimum Gasteiger partial charge on any atom is -0.410 e. The zero-order valence-corrected chi connectivity index (χ0v) is 20.3. The fourth-order valence-corrected chi connectivity index (χ4v) is 3.82. The molecule has 1 N–H and O–H groups in total. The van der Waals surface area contributed by atoms with Gasteiger partial charge >= 0.3 is 6.11 Å². The molecule has 0 spiro atoms. The number of aryl methyl sites for hydroxylation is 1. The number of rotatable bonds is 7. The molecule has 0 bridgehead atoms. The zero-order chi connectivity index (χ0) is 25.7. The Morgan fingerprint density at radius 3 is 2.63 bits per heavy atom. The summed E-state index contributed by atoms with van der Waals surface area (Å²) in [7, 11) is 1.50. The lowest BCUT2D eigenvalue weighted by atomic mass is 10.1. The van der Waals surface area contributed by atoms with Crippen LogP contribution < -0.4 is 10.1 Å². The Hall–Kier alpha value is -3.23. The van der Waals surface area contributed by atoms with Gasteiger partial charge in [0.1, 0.15) is 5.54 Å². The maximum absolute atomic E-state index is 13.7. The third-order valence-corrected chi connectivity index (χ3v) is 6.42. The van der Waals surface area contributed by atoms with Gasteiger partial charge in [-0.1, -0.05) is 23.2 Å². The molecular weight excluding hydrogens is 508 g/mol. The number of nitrogens with zero attached hydrogens (tertiary/aromatic N) is 5. The molecule has 1 unspecified atom stereocenters. The van der Waals surface area contributed by atoms with Crippen molar-refractivity contribution in [2.24, 2.45) is 7.05 Å². The van der Waals surface area contributed by atoms with Gasteiger partial charge < -0.3 is 10.1 Å². The molecule has 8 nitrogen and oxygen atoms in total. The first-order chi connectivity index (χ1) is 16.4. The molecule has 4 rings (SSSR count). The van der Waals surface area contributed by atoms with E-state index in [-0.39, 0.29) is 21.2 Å². The SMILES string of the molecule is Cc1c(OC(F)(F)C(C)F)nn(C)c1-n1cc(-c2cc(Cl)c(Cl)c(C(=O)NC3(C#N)CC3)c2)cn1. The second-order valence-electron chi connectivity index (χ2n) is 8.30. The van der Waals surface area contributed by atoms with Crippen LogP contribution in [0.5, 0.6) is 5.88 Å². The third-order valence-electron chi connectivity index (χ3n) is 5.62. The number of alkyl halides is 3. The lowest BCUT2D eigenvalue weighted by Crippen LogP contribution is -2.35. The molecule has 184 valence electrons. The van der Waals surface area contributed by atoms with Gasteiger partial charge in [0.15, 0.2) is 5.82 Å². The van der Waals surface area contributed by atoms with E-state index < -0.39 is 29.6 Å². The summed E-state index contributed by atoms with van der Waals surface area (Å²) in [6.45, 7) is 2.18. The fourth-order valence-electron chi connectivity index (χ4n) is 3.41. The summed E-state index contributed by atoms with van der Waals surface area (Å²) >= 11 is 12.5. The van der Waals surface area contributed by atoms with Crippen molar-refractivity contribution >= 4 is 29.1 Å². The Morgan fingerprint density at radius 1 is 1.34 bits per heavy atom. The third kappa shape index (κ3) is 4.68. The number of carbonyl (C=O) groups excluding carboxylic acids is 1. The molecule has 1 fully saturated rings. The molecular formula is C22H19Cl2F3N6O2. The van der Waals surface area contributed by atoms with Gasteiger partial charge in [0.25, 0.3) is 5.91 Å². The van der Waals surface area contributed by atoms with Crippen LogP contribution in [0.3, 0.4) is 0 Å². The van der Waals surface area contributed by atoms with Gasteiger partial charge in [-0.05, 0) is 44.4 Å².